The van der Waals surface area contributed by atoms with E-state index in [4.69, 9.17) is 9.15 Å². The van der Waals surface area contributed by atoms with Crippen LogP contribution in [0.15, 0.2) is 53.4 Å². The van der Waals surface area contributed by atoms with E-state index in [0.717, 1.165) is 40.9 Å². The Morgan fingerprint density at radius 1 is 1.12 bits per heavy atom. The van der Waals surface area contributed by atoms with Crippen LogP contribution in [0.1, 0.15) is 16.9 Å². The molecular weight excluding hydrogens is 314 g/mol. The lowest BCUT2D eigenvalue weighted by atomic mass is 9.90. The number of aromatic nitrogens is 3. The van der Waals surface area contributed by atoms with Crippen molar-refractivity contribution in [1.82, 2.24) is 14.8 Å². The molecule has 0 saturated carbocycles. The molecule has 1 aromatic carbocycles. The lowest BCUT2D eigenvalue weighted by molar-refractivity contribution is 0.414. The molecule has 1 aliphatic rings. The standard InChI is InChI=1S/C20H17N3O2/c1-24-15-5-2-13(3-6-15)12-23-20-17(11-22-23)19-14(10-21-20)4-7-18-16(19)8-9-25-18/h2-3,5-6,8-11H,4,7,12H2,1H3. The first-order chi connectivity index (χ1) is 12.3. The average molecular weight is 331 g/mol. The Bertz CT molecular complexity index is 1060. The number of methoxy groups -OCH3 is 1. The van der Waals surface area contributed by atoms with Crippen LogP contribution < -0.4 is 4.74 Å². The number of furan rings is 1. The minimum Gasteiger partial charge on any atom is -0.497 e. The van der Waals surface area contributed by atoms with E-state index < -0.39 is 0 Å². The fraction of sp³-hybridized carbons (Fsp3) is 0.200. The van der Waals surface area contributed by atoms with Crippen molar-refractivity contribution < 1.29 is 9.15 Å². The van der Waals surface area contributed by atoms with Gasteiger partial charge in [-0.2, -0.15) is 5.10 Å². The first-order valence-electron chi connectivity index (χ1n) is 8.36. The summed E-state index contributed by atoms with van der Waals surface area (Å²) in [5.41, 5.74) is 5.74. The van der Waals surface area contributed by atoms with Gasteiger partial charge in [0.25, 0.3) is 0 Å². The highest BCUT2D eigenvalue weighted by atomic mass is 16.5. The second-order valence-corrected chi connectivity index (χ2v) is 6.30. The summed E-state index contributed by atoms with van der Waals surface area (Å²) < 4.78 is 12.8. The number of hydrogen-bond donors (Lipinski definition) is 0. The molecular formula is C20H17N3O2. The molecule has 5 heteroatoms. The molecule has 0 unspecified atom stereocenters. The SMILES string of the molecule is COc1ccc(Cn2ncc3c4c(cnc32)CCc2occc2-4)cc1. The number of hydrogen-bond acceptors (Lipinski definition) is 4. The molecule has 0 saturated heterocycles. The highest BCUT2D eigenvalue weighted by Gasteiger charge is 2.23. The second kappa shape index (κ2) is 5.48. The van der Waals surface area contributed by atoms with Gasteiger partial charge in [0.2, 0.25) is 0 Å². The van der Waals surface area contributed by atoms with Gasteiger partial charge in [-0.25, -0.2) is 9.67 Å². The number of pyridine rings is 1. The summed E-state index contributed by atoms with van der Waals surface area (Å²) in [6.45, 7) is 0.678. The maximum atomic E-state index is 5.63. The molecule has 0 fully saturated rings. The molecule has 3 aromatic heterocycles. The fourth-order valence-electron chi connectivity index (χ4n) is 3.60. The third-order valence-corrected chi connectivity index (χ3v) is 4.87. The van der Waals surface area contributed by atoms with E-state index in [2.05, 4.69) is 22.2 Å². The Morgan fingerprint density at radius 3 is 2.84 bits per heavy atom. The highest BCUT2D eigenvalue weighted by molar-refractivity contribution is 5.95. The van der Waals surface area contributed by atoms with Crippen LogP contribution in [0.2, 0.25) is 0 Å². The van der Waals surface area contributed by atoms with Crippen LogP contribution in [0.25, 0.3) is 22.2 Å². The summed E-state index contributed by atoms with van der Waals surface area (Å²) in [4.78, 5) is 4.69. The molecule has 0 radical (unpaired) electrons. The largest absolute Gasteiger partial charge is 0.497 e. The van der Waals surface area contributed by atoms with Gasteiger partial charge in [0.1, 0.15) is 11.5 Å². The summed E-state index contributed by atoms with van der Waals surface area (Å²) >= 11 is 0. The van der Waals surface area contributed by atoms with Gasteiger partial charge in [-0.05, 0) is 35.7 Å². The van der Waals surface area contributed by atoms with E-state index in [-0.39, 0.29) is 0 Å². The zero-order chi connectivity index (χ0) is 16.8. The molecule has 0 amide bonds. The van der Waals surface area contributed by atoms with Crippen molar-refractivity contribution in [2.45, 2.75) is 19.4 Å². The zero-order valence-corrected chi connectivity index (χ0v) is 13.9. The van der Waals surface area contributed by atoms with Crippen LogP contribution in [-0.2, 0) is 19.4 Å². The van der Waals surface area contributed by atoms with Crippen molar-refractivity contribution in [3.63, 3.8) is 0 Å². The fourth-order valence-corrected chi connectivity index (χ4v) is 3.60. The van der Waals surface area contributed by atoms with Crippen LogP contribution in [0.3, 0.4) is 0 Å². The predicted octanol–water partition coefficient (Wildman–Crippen LogP) is 3.85. The van der Waals surface area contributed by atoms with Crippen molar-refractivity contribution in [3.05, 3.63) is 65.9 Å². The first-order valence-corrected chi connectivity index (χ1v) is 8.36. The number of rotatable bonds is 3. The zero-order valence-electron chi connectivity index (χ0n) is 13.9. The molecule has 124 valence electrons. The quantitative estimate of drug-likeness (QED) is 0.572. The van der Waals surface area contributed by atoms with E-state index in [1.54, 1.807) is 13.4 Å². The molecule has 4 aromatic rings. The molecule has 3 heterocycles. The van der Waals surface area contributed by atoms with E-state index in [1.165, 1.54) is 16.7 Å². The normalized spacial score (nSPS) is 12.8. The second-order valence-electron chi connectivity index (χ2n) is 6.30. The number of benzene rings is 1. The van der Waals surface area contributed by atoms with Crippen LogP contribution in [-0.4, -0.2) is 21.9 Å². The molecule has 0 aliphatic heterocycles. The monoisotopic (exact) mass is 331 g/mol. The first kappa shape index (κ1) is 14.3. The van der Waals surface area contributed by atoms with Gasteiger partial charge in [-0.3, -0.25) is 0 Å². The Hall–Kier alpha value is -3.08. The van der Waals surface area contributed by atoms with Crippen LogP contribution >= 0.6 is 0 Å². The summed E-state index contributed by atoms with van der Waals surface area (Å²) in [7, 11) is 1.67. The molecule has 0 N–H and O–H groups in total. The van der Waals surface area contributed by atoms with Crippen molar-refractivity contribution >= 4 is 11.0 Å². The van der Waals surface area contributed by atoms with E-state index in [9.17, 15) is 0 Å². The highest BCUT2D eigenvalue weighted by Crippen LogP contribution is 2.38. The number of ether oxygens (including phenoxy) is 1. The van der Waals surface area contributed by atoms with E-state index >= 15 is 0 Å². The van der Waals surface area contributed by atoms with Gasteiger partial charge >= 0.3 is 0 Å². The molecule has 0 spiro atoms. The average Bonchev–Trinajstić information content (AvgIpc) is 3.29. The van der Waals surface area contributed by atoms with Gasteiger partial charge in [-0.1, -0.05) is 12.1 Å². The number of aryl methyl sites for hydroxylation is 2. The van der Waals surface area contributed by atoms with Gasteiger partial charge in [0, 0.05) is 29.1 Å². The molecule has 25 heavy (non-hydrogen) atoms. The van der Waals surface area contributed by atoms with Crippen molar-refractivity contribution in [2.24, 2.45) is 0 Å². The van der Waals surface area contributed by atoms with Gasteiger partial charge < -0.3 is 9.15 Å². The minimum atomic E-state index is 0.678. The minimum absolute atomic E-state index is 0.678. The third kappa shape index (κ3) is 2.23. The molecule has 0 atom stereocenters. The molecule has 5 rings (SSSR count). The summed E-state index contributed by atoms with van der Waals surface area (Å²) in [6.07, 6.45) is 7.57. The van der Waals surface area contributed by atoms with Crippen LogP contribution in [0.5, 0.6) is 5.75 Å². The Kier molecular flexibility index (Phi) is 3.13. The number of fused-ring (bicyclic) bond motifs is 5. The Morgan fingerprint density at radius 2 is 2.00 bits per heavy atom. The molecule has 0 bridgehead atoms. The van der Waals surface area contributed by atoms with Crippen molar-refractivity contribution in [2.75, 3.05) is 7.11 Å². The summed E-state index contributed by atoms with van der Waals surface area (Å²) in [6, 6.07) is 10.1. The maximum Gasteiger partial charge on any atom is 0.158 e. The van der Waals surface area contributed by atoms with Crippen molar-refractivity contribution in [1.29, 1.82) is 0 Å². The topological polar surface area (TPSA) is 53.1 Å². The van der Waals surface area contributed by atoms with Gasteiger partial charge in [-0.15, -0.1) is 0 Å². The Labute approximate surface area is 144 Å². The van der Waals surface area contributed by atoms with Gasteiger partial charge in [0.05, 0.1) is 26.1 Å². The van der Waals surface area contributed by atoms with Crippen LogP contribution in [0.4, 0.5) is 0 Å². The lowest BCUT2D eigenvalue weighted by Crippen LogP contribution is -2.05. The summed E-state index contributed by atoms with van der Waals surface area (Å²) in [5, 5.41) is 5.68. The molecule has 1 aliphatic carbocycles. The lowest BCUT2D eigenvalue weighted by Gasteiger charge is -2.15. The van der Waals surface area contributed by atoms with Crippen molar-refractivity contribution in [3.8, 4) is 16.9 Å². The predicted molar refractivity (Wildman–Crippen MR) is 94.7 cm³/mol. The van der Waals surface area contributed by atoms with Crippen LogP contribution in [0, 0.1) is 0 Å². The third-order valence-electron chi connectivity index (χ3n) is 4.87. The van der Waals surface area contributed by atoms with Gasteiger partial charge in [0.15, 0.2) is 5.65 Å². The summed E-state index contributed by atoms with van der Waals surface area (Å²) in [5.74, 6) is 1.91. The van der Waals surface area contributed by atoms with E-state index in [0.29, 0.717) is 6.54 Å². The maximum absolute atomic E-state index is 5.63. The molecule has 5 nitrogen and oxygen atoms in total. The van der Waals surface area contributed by atoms with E-state index in [1.807, 2.05) is 35.3 Å². The Balaban J connectivity index is 1.59. The number of nitrogens with zero attached hydrogens (tertiary/aromatic N) is 3. The smallest absolute Gasteiger partial charge is 0.158 e.